The lowest BCUT2D eigenvalue weighted by molar-refractivity contribution is 0.0719. The summed E-state index contributed by atoms with van der Waals surface area (Å²) >= 11 is 0. The first-order chi connectivity index (χ1) is 11.7. The fraction of sp³-hybridized carbons (Fsp3) is 0.211. The SMILES string of the molecule is O=C(c1cc2cc(F)ccc2[nH]1)N(CCO)CCc1ccccc1. The van der Waals surface area contributed by atoms with Gasteiger partial charge >= 0.3 is 0 Å². The van der Waals surface area contributed by atoms with Crippen molar-refractivity contribution in [3.63, 3.8) is 0 Å². The summed E-state index contributed by atoms with van der Waals surface area (Å²) in [6.07, 6.45) is 0.710. The number of rotatable bonds is 6. The van der Waals surface area contributed by atoms with E-state index in [9.17, 15) is 14.3 Å². The highest BCUT2D eigenvalue weighted by atomic mass is 19.1. The van der Waals surface area contributed by atoms with Crippen molar-refractivity contribution in [2.24, 2.45) is 0 Å². The van der Waals surface area contributed by atoms with Crippen molar-refractivity contribution in [1.82, 2.24) is 9.88 Å². The number of hydrogen-bond donors (Lipinski definition) is 2. The molecule has 124 valence electrons. The van der Waals surface area contributed by atoms with Crippen LogP contribution in [0.3, 0.4) is 0 Å². The fourth-order valence-electron chi connectivity index (χ4n) is 2.73. The van der Waals surface area contributed by atoms with E-state index >= 15 is 0 Å². The van der Waals surface area contributed by atoms with Gasteiger partial charge in [0, 0.05) is 24.0 Å². The topological polar surface area (TPSA) is 56.3 Å². The van der Waals surface area contributed by atoms with Gasteiger partial charge in [-0.3, -0.25) is 4.79 Å². The number of aromatic amines is 1. The van der Waals surface area contributed by atoms with Crippen LogP contribution in [0.25, 0.3) is 10.9 Å². The number of aromatic nitrogens is 1. The number of aliphatic hydroxyl groups is 1. The molecule has 1 aromatic heterocycles. The van der Waals surface area contributed by atoms with Crippen LogP contribution >= 0.6 is 0 Å². The summed E-state index contributed by atoms with van der Waals surface area (Å²) < 4.78 is 13.3. The van der Waals surface area contributed by atoms with Crippen LogP contribution in [0.5, 0.6) is 0 Å². The van der Waals surface area contributed by atoms with E-state index in [-0.39, 0.29) is 24.9 Å². The fourth-order valence-corrected chi connectivity index (χ4v) is 2.73. The highest BCUT2D eigenvalue weighted by Gasteiger charge is 2.17. The quantitative estimate of drug-likeness (QED) is 0.732. The molecule has 5 heteroatoms. The molecule has 3 aromatic rings. The van der Waals surface area contributed by atoms with E-state index in [2.05, 4.69) is 4.98 Å². The van der Waals surface area contributed by atoms with Crippen molar-refractivity contribution < 1.29 is 14.3 Å². The standard InChI is InChI=1S/C19H19FN2O2/c20-16-6-7-17-15(12-16)13-18(21-17)19(24)22(10-11-23)9-8-14-4-2-1-3-5-14/h1-7,12-13,21,23H,8-11H2. The highest BCUT2D eigenvalue weighted by molar-refractivity contribution is 5.98. The van der Waals surface area contributed by atoms with Crippen LogP contribution in [0, 0.1) is 5.82 Å². The van der Waals surface area contributed by atoms with Gasteiger partial charge < -0.3 is 15.0 Å². The predicted octanol–water partition coefficient (Wildman–Crippen LogP) is 2.98. The van der Waals surface area contributed by atoms with Gasteiger partial charge in [-0.2, -0.15) is 0 Å². The van der Waals surface area contributed by atoms with Gasteiger partial charge in [-0.15, -0.1) is 0 Å². The second kappa shape index (κ2) is 7.27. The molecule has 4 nitrogen and oxygen atoms in total. The summed E-state index contributed by atoms with van der Waals surface area (Å²) in [5.74, 6) is -0.534. The largest absolute Gasteiger partial charge is 0.395 e. The summed E-state index contributed by atoms with van der Waals surface area (Å²) in [6, 6.07) is 15.9. The number of nitrogens with zero attached hydrogens (tertiary/aromatic N) is 1. The summed E-state index contributed by atoms with van der Waals surface area (Å²) in [5, 5.41) is 9.91. The first-order valence-electron chi connectivity index (χ1n) is 7.90. The zero-order valence-electron chi connectivity index (χ0n) is 13.2. The molecule has 0 bridgehead atoms. The van der Waals surface area contributed by atoms with Crippen LogP contribution < -0.4 is 0 Å². The van der Waals surface area contributed by atoms with Crippen LogP contribution in [0.1, 0.15) is 16.1 Å². The van der Waals surface area contributed by atoms with Gasteiger partial charge in [0.15, 0.2) is 0 Å². The molecule has 0 saturated heterocycles. The Morgan fingerprint density at radius 2 is 1.88 bits per heavy atom. The molecular weight excluding hydrogens is 307 g/mol. The van der Waals surface area contributed by atoms with Crippen molar-refractivity contribution in [1.29, 1.82) is 0 Å². The van der Waals surface area contributed by atoms with Gasteiger partial charge in [-0.05, 0) is 36.2 Å². The lowest BCUT2D eigenvalue weighted by Gasteiger charge is -2.21. The number of fused-ring (bicyclic) bond motifs is 1. The molecule has 0 atom stereocenters. The molecule has 0 aliphatic carbocycles. The predicted molar refractivity (Wildman–Crippen MR) is 91.4 cm³/mol. The van der Waals surface area contributed by atoms with E-state index in [0.29, 0.717) is 29.6 Å². The minimum absolute atomic E-state index is 0.102. The van der Waals surface area contributed by atoms with E-state index < -0.39 is 0 Å². The Labute approximate surface area is 139 Å². The van der Waals surface area contributed by atoms with E-state index in [1.54, 1.807) is 17.0 Å². The zero-order valence-corrected chi connectivity index (χ0v) is 13.2. The molecule has 0 aliphatic heterocycles. The van der Waals surface area contributed by atoms with Crippen LogP contribution in [0.15, 0.2) is 54.6 Å². The van der Waals surface area contributed by atoms with Crippen LogP contribution in [0.2, 0.25) is 0 Å². The lowest BCUT2D eigenvalue weighted by Crippen LogP contribution is -2.35. The maximum Gasteiger partial charge on any atom is 0.270 e. The third-order valence-corrected chi connectivity index (χ3v) is 3.98. The number of hydrogen-bond acceptors (Lipinski definition) is 2. The van der Waals surface area contributed by atoms with Gasteiger partial charge in [0.2, 0.25) is 0 Å². The first-order valence-corrected chi connectivity index (χ1v) is 7.90. The van der Waals surface area contributed by atoms with Crippen LogP contribution in [-0.4, -0.2) is 40.6 Å². The molecule has 0 aliphatic rings. The lowest BCUT2D eigenvalue weighted by atomic mass is 10.1. The van der Waals surface area contributed by atoms with E-state index in [1.165, 1.54) is 12.1 Å². The number of nitrogens with one attached hydrogen (secondary N) is 1. The Morgan fingerprint density at radius 1 is 1.08 bits per heavy atom. The second-order valence-corrected chi connectivity index (χ2v) is 5.67. The number of benzene rings is 2. The molecule has 0 fully saturated rings. The Balaban J connectivity index is 1.77. The smallest absolute Gasteiger partial charge is 0.270 e. The van der Waals surface area contributed by atoms with E-state index in [1.807, 2.05) is 30.3 Å². The van der Waals surface area contributed by atoms with Gasteiger partial charge in [-0.25, -0.2) is 4.39 Å². The maximum absolute atomic E-state index is 13.3. The average molecular weight is 326 g/mol. The number of halogens is 1. The zero-order chi connectivity index (χ0) is 16.9. The number of carbonyl (C=O) groups is 1. The molecule has 0 radical (unpaired) electrons. The first kappa shape index (κ1) is 16.2. The summed E-state index contributed by atoms with van der Waals surface area (Å²) in [5.41, 5.74) is 2.25. The van der Waals surface area contributed by atoms with Crippen LogP contribution in [0.4, 0.5) is 4.39 Å². The Hall–Kier alpha value is -2.66. The molecule has 2 N–H and O–H groups in total. The molecule has 2 aromatic carbocycles. The number of aliphatic hydroxyl groups excluding tert-OH is 1. The molecule has 0 spiro atoms. The van der Waals surface area contributed by atoms with Crippen molar-refractivity contribution >= 4 is 16.8 Å². The molecule has 1 amide bonds. The van der Waals surface area contributed by atoms with Gasteiger partial charge in [0.1, 0.15) is 11.5 Å². The van der Waals surface area contributed by atoms with E-state index in [4.69, 9.17) is 0 Å². The van der Waals surface area contributed by atoms with Crippen LogP contribution in [-0.2, 0) is 6.42 Å². The second-order valence-electron chi connectivity index (χ2n) is 5.67. The Morgan fingerprint density at radius 3 is 2.62 bits per heavy atom. The molecule has 1 heterocycles. The minimum Gasteiger partial charge on any atom is -0.395 e. The normalized spacial score (nSPS) is 10.9. The number of amides is 1. The third kappa shape index (κ3) is 3.63. The Bertz CT molecular complexity index is 830. The summed E-state index contributed by atoms with van der Waals surface area (Å²) in [6.45, 7) is 0.665. The molecule has 3 rings (SSSR count). The summed E-state index contributed by atoms with van der Waals surface area (Å²) in [7, 11) is 0. The highest BCUT2D eigenvalue weighted by Crippen LogP contribution is 2.18. The van der Waals surface area contributed by atoms with E-state index in [0.717, 1.165) is 5.56 Å². The number of carbonyl (C=O) groups excluding carboxylic acids is 1. The van der Waals surface area contributed by atoms with Crippen molar-refractivity contribution in [2.75, 3.05) is 19.7 Å². The van der Waals surface area contributed by atoms with Crippen molar-refractivity contribution in [2.45, 2.75) is 6.42 Å². The van der Waals surface area contributed by atoms with Gasteiger partial charge in [-0.1, -0.05) is 30.3 Å². The number of H-pyrrole nitrogens is 1. The summed E-state index contributed by atoms with van der Waals surface area (Å²) in [4.78, 5) is 17.3. The molecule has 24 heavy (non-hydrogen) atoms. The molecular formula is C19H19FN2O2. The van der Waals surface area contributed by atoms with Crippen molar-refractivity contribution in [3.05, 3.63) is 71.7 Å². The third-order valence-electron chi connectivity index (χ3n) is 3.98. The van der Waals surface area contributed by atoms with Gasteiger partial charge in [0.05, 0.1) is 6.61 Å². The minimum atomic E-state index is -0.336. The average Bonchev–Trinajstić information content (AvgIpc) is 3.02. The Kier molecular flexibility index (Phi) is 4.91. The molecule has 0 saturated carbocycles. The maximum atomic E-state index is 13.3. The molecule has 0 unspecified atom stereocenters. The van der Waals surface area contributed by atoms with Crippen molar-refractivity contribution in [3.8, 4) is 0 Å². The monoisotopic (exact) mass is 326 g/mol. The van der Waals surface area contributed by atoms with Gasteiger partial charge in [0.25, 0.3) is 5.91 Å².